The zero-order valence-corrected chi connectivity index (χ0v) is 12.3. The minimum absolute atomic E-state index is 0.954. The summed E-state index contributed by atoms with van der Waals surface area (Å²) >= 11 is 2.63. The highest BCUT2D eigenvalue weighted by molar-refractivity contribution is 14.1. The Balaban J connectivity index is 1.94. The lowest BCUT2D eigenvalue weighted by Gasteiger charge is -2.44. The Bertz CT molecular complexity index is 291. The second kappa shape index (κ2) is 4.60. The highest BCUT2D eigenvalue weighted by Gasteiger charge is 2.51. The molecule has 2 heterocycles. The summed E-state index contributed by atoms with van der Waals surface area (Å²) < 4.78 is 2.79. The van der Waals surface area contributed by atoms with Gasteiger partial charge >= 0.3 is 0 Å². The molecule has 2 unspecified atom stereocenters. The highest BCUT2D eigenvalue weighted by Crippen LogP contribution is 2.47. The van der Waals surface area contributed by atoms with E-state index in [-0.39, 0.29) is 0 Å². The van der Waals surface area contributed by atoms with Gasteiger partial charge in [-0.05, 0) is 44.6 Å². The minimum Gasteiger partial charge on any atom is -0.292 e. The second-order valence-electron chi connectivity index (χ2n) is 5.84. The van der Waals surface area contributed by atoms with Gasteiger partial charge in [-0.25, -0.2) is 0 Å². The first-order valence-electron chi connectivity index (χ1n) is 7.00. The number of alkyl halides is 1. The van der Waals surface area contributed by atoms with E-state index in [1.165, 1.54) is 66.9 Å². The molecule has 1 spiro atoms. The van der Waals surface area contributed by atoms with Crippen molar-refractivity contribution in [1.82, 2.24) is 0 Å². The largest absolute Gasteiger partial charge is 0.292 e. The number of allylic oxidation sites excluding steroid dienone is 2. The molecule has 2 fully saturated rings. The van der Waals surface area contributed by atoms with Crippen molar-refractivity contribution in [2.24, 2.45) is 5.92 Å². The third-order valence-electron chi connectivity index (χ3n) is 5.09. The van der Waals surface area contributed by atoms with Crippen molar-refractivity contribution in [3.8, 4) is 0 Å². The van der Waals surface area contributed by atoms with E-state index in [1.807, 2.05) is 5.70 Å². The third-order valence-corrected chi connectivity index (χ3v) is 6.11. The molecule has 16 heavy (non-hydrogen) atoms. The van der Waals surface area contributed by atoms with Gasteiger partial charge in [0.2, 0.25) is 0 Å². The van der Waals surface area contributed by atoms with Crippen LogP contribution in [0.25, 0.3) is 0 Å². The lowest BCUT2D eigenvalue weighted by atomic mass is 9.91. The fourth-order valence-electron chi connectivity index (χ4n) is 4.35. The molecule has 1 aliphatic carbocycles. The molecule has 0 aromatic rings. The molecule has 0 aromatic carbocycles. The van der Waals surface area contributed by atoms with E-state index >= 15 is 0 Å². The molecule has 3 rings (SSSR count). The molecule has 2 aliphatic heterocycles. The summed E-state index contributed by atoms with van der Waals surface area (Å²) in [5, 5.41) is 0. The molecule has 3 aliphatic rings. The van der Waals surface area contributed by atoms with Crippen LogP contribution in [-0.2, 0) is 0 Å². The van der Waals surface area contributed by atoms with Gasteiger partial charge in [-0.1, -0.05) is 22.6 Å². The second-order valence-corrected chi connectivity index (χ2v) is 6.72. The van der Waals surface area contributed by atoms with E-state index in [9.17, 15) is 0 Å². The normalized spacial score (nSPS) is 37.2. The van der Waals surface area contributed by atoms with Crippen LogP contribution in [0.1, 0.15) is 44.9 Å². The van der Waals surface area contributed by atoms with Crippen LogP contribution in [0.15, 0.2) is 11.8 Å². The summed E-state index contributed by atoms with van der Waals surface area (Å²) in [6, 6.07) is 0.954. The number of quaternary nitrogens is 1. The van der Waals surface area contributed by atoms with Gasteiger partial charge in [-0.2, -0.15) is 0 Å². The minimum atomic E-state index is 0.954. The van der Waals surface area contributed by atoms with Gasteiger partial charge in [0.25, 0.3) is 0 Å². The molecule has 1 nitrogen and oxygen atoms in total. The molecule has 2 atom stereocenters. The van der Waals surface area contributed by atoms with Gasteiger partial charge in [-0.15, -0.1) is 0 Å². The van der Waals surface area contributed by atoms with Gasteiger partial charge in [-0.3, -0.25) is 4.48 Å². The van der Waals surface area contributed by atoms with E-state index in [0.29, 0.717) is 0 Å². The summed E-state index contributed by atoms with van der Waals surface area (Å²) in [5.74, 6) is 0.964. The number of fused-ring (bicyclic) bond motifs is 2. The Morgan fingerprint density at radius 2 is 2.00 bits per heavy atom. The third kappa shape index (κ3) is 1.67. The predicted octanol–water partition coefficient (Wildman–Crippen LogP) is 3.88. The Morgan fingerprint density at radius 3 is 2.75 bits per heavy atom. The summed E-state index contributed by atoms with van der Waals surface area (Å²) in [7, 11) is 0. The van der Waals surface area contributed by atoms with Crippen LogP contribution in [0.2, 0.25) is 0 Å². The van der Waals surface area contributed by atoms with Gasteiger partial charge in [0.05, 0.1) is 17.5 Å². The van der Waals surface area contributed by atoms with E-state index in [4.69, 9.17) is 0 Å². The molecule has 2 saturated heterocycles. The number of rotatable bonds is 1. The predicted molar refractivity (Wildman–Crippen MR) is 76.6 cm³/mol. The van der Waals surface area contributed by atoms with Gasteiger partial charge in [0.15, 0.2) is 0 Å². The Labute approximate surface area is 113 Å². The monoisotopic (exact) mass is 332 g/mol. The lowest BCUT2D eigenvalue weighted by molar-refractivity contribution is -0.909. The molecule has 2 heteroatoms. The Kier molecular flexibility index (Phi) is 3.31. The van der Waals surface area contributed by atoms with Gasteiger partial charge in [0, 0.05) is 12.3 Å². The number of piperidine rings is 1. The van der Waals surface area contributed by atoms with E-state index in [2.05, 4.69) is 28.7 Å². The van der Waals surface area contributed by atoms with Crippen molar-refractivity contribution < 1.29 is 4.48 Å². The fourth-order valence-corrected chi connectivity index (χ4v) is 5.46. The number of hydrogen-bond acceptors (Lipinski definition) is 0. The Hall–Kier alpha value is 0.430. The van der Waals surface area contributed by atoms with E-state index in [1.54, 1.807) is 0 Å². The maximum atomic E-state index is 2.63. The van der Waals surface area contributed by atoms with Crippen LogP contribution in [0.5, 0.6) is 0 Å². The zero-order chi connectivity index (χ0) is 11.0. The van der Waals surface area contributed by atoms with Crippen LogP contribution in [0.3, 0.4) is 0 Å². The maximum Gasteiger partial charge on any atom is 0.108 e. The summed E-state index contributed by atoms with van der Waals surface area (Å²) in [6.07, 6.45) is 12.8. The molecule has 0 radical (unpaired) electrons. The SMILES string of the molecule is ICC1CC2CCCC=C2[N+]12CCCCC2. The highest BCUT2D eigenvalue weighted by atomic mass is 127. The smallest absolute Gasteiger partial charge is 0.108 e. The first-order chi connectivity index (χ1) is 7.87. The number of nitrogens with zero attached hydrogens (tertiary/aromatic N) is 1. The van der Waals surface area contributed by atoms with Gasteiger partial charge in [0.1, 0.15) is 11.7 Å². The maximum absolute atomic E-state index is 2.63. The first-order valence-corrected chi connectivity index (χ1v) is 8.53. The van der Waals surface area contributed by atoms with Crippen molar-refractivity contribution in [3.63, 3.8) is 0 Å². The molecule has 0 N–H and O–H groups in total. The molecule has 0 amide bonds. The molecular weight excluding hydrogens is 309 g/mol. The van der Waals surface area contributed by atoms with Crippen LogP contribution in [0, 0.1) is 5.92 Å². The summed E-state index contributed by atoms with van der Waals surface area (Å²) in [5.41, 5.74) is 1.87. The molecule has 0 aromatic heterocycles. The molecule has 90 valence electrons. The fraction of sp³-hybridized carbons (Fsp3) is 0.857. The topological polar surface area (TPSA) is 0 Å². The number of halogens is 1. The standard InChI is InChI=1S/C14H23IN/c15-11-13-10-12-6-2-3-7-14(12)16(13)8-4-1-5-9-16/h7,12-13H,1-6,8-11H2/q+1. The zero-order valence-electron chi connectivity index (χ0n) is 10.1. The van der Waals surface area contributed by atoms with Crippen LogP contribution < -0.4 is 0 Å². The Morgan fingerprint density at radius 1 is 1.19 bits per heavy atom. The van der Waals surface area contributed by atoms with Crippen molar-refractivity contribution in [2.75, 3.05) is 17.5 Å². The summed E-state index contributed by atoms with van der Waals surface area (Å²) in [6.45, 7) is 2.91. The average Bonchev–Trinajstić information content (AvgIpc) is 2.65. The molecule has 0 saturated carbocycles. The van der Waals surface area contributed by atoms with Crippen LogP contribution in [0.4, 0.5) is 0 Å². The van der Waals surface area contributed by atoms with E-state index < -0.39 is 0 Å². The van der Waals surface area contributed by atoms with Crippen molar-refractivity contribution in [2.45, 2.75) is 51.0 Å². The van der Waals surface area contributed by atoms with Gasteiger partial charge < -0.3 is 0 Å². The average molecular weight is 332 g/mol. The first kappa shape index (κ1) is 11.5. The van der Waals surface area contributed by atoms with Crippen molar-refractivity contribution in [3.05, 3.63) is 11.8 Å². The molecule has 0 bridgehead atoms. The molecular formula is C14H23IN+. The van der Waals surface area contributed by atoms with Crippen LogP contribution >= 0.6 is 22.6 Å². The van der Waals surface area contributed by atoms with Crippen molar-refractivity contribution >= 4 is 22.6 Å². The quantitative estimate of drug-likeness (QED) is 0.388. The van der Waals surface area contributed by atoms with E-state index in [0.717, 1.165) is 12.0 Å². The number of hydrogen-bond donors (Lipinski definition) is 0. The van der Waals surface area contributed by atoms with Crippen LogP contribution in [-0.4, -0.2) is 28.0 Å². The van der Waals surface area contributed by atoms with Crippen molar-refractivity contribution in [1.29, 1.82) is 0 Å². The summed E-state index contributed by atoms with van der Waals surface area (Å²) in [4.78, 5) is 0. The lowest BCUT2D eigenvalue weighted by Crippen LogP contribution is -2.54.